The topological polar surface area (TPSA) is 58.2 Å². The molecule has 112 valence electrons. The summed E-state index contributed by atoms with van der Waals surface area (Å²) in [5, 5.41) is 3.24. The third kappa shape index (κ3) is 5.04. The quantitative estimate of drug-likeness (QED) is 0.784. The minimum Gasteiger partial charge on any atom is -0.313 e. The summed E-state index contributed by atoms with van der Waals surface area (Å²) in [5.41, 5.74) is 0. The molecule has 2 fully saturated rings. The lowest BCUT2D eigenvalue weighted by molar-refractivity contribution is 0.270. The third-order valence-electron chi connectivity index (χ3n) is 4.72. The molecule has 1 aliphatic heterocycles. The van der Waals surface area contributed by atoms with Crippen LogP contribution in [0.25, 0.3) is 0 Å². The van der Waals surface area contributed by atoms with E-state index in [0.717, 1.165) is 25.3 Å². The van der Waals surface area contributed by atoms with E-state index in [1.54, 1.807) is 0 Å². The van der Waals surface area contributed by atoms with Gasteiger partial charge in [0, 0.05) is 12.6 Å². The van der Waals surface area contributed by atoms with Crippen LogP contribution in [0.3, 0.4) is 0 Å². The zero-order valence-corrected chi connectivity index (χ0v) is 12.8. The first kappa shape index (κ1) is 15.3. The Bertz CT molecular complexity index is 356. The summed E-state index contributed by atoms with van der Waals surface area (Å²) in [4.78, 5) is 0. The predicted octanol–water partition coefficient (Wildman–Crippen LogP) is 1.87. The summed E-state index contributed by atoms with van der Waals surface area (Å²) >= 11 is 0. The lowest BCUT2D eigenvalue weighted by Crippen LogP contribution is -2.39. The average Bonchev–Trinajstić information content (AvgIpc) is 2.89. The van der Waals surface area contributed by atoms with Crippen LogP contribution in [0.5, 0.6) is 0 Å². The SMILES string of the molecule is CCC1CCC(CNS(=O)(=O)CC2CCCN2)CC1. The van der Waals surface area contributed by atoms with Gasteiger partial charge in [-0.15, -0.1) is 0 Å². The molecule has 1 heterocycles. The van der Waals surface area contributed by atoms with Crippen molar-refractivity contribution in [2.75, 3.05) is 18.8 Å². The van der Waals surface area contributed by atoms with Gasteiger partial charge in [0.1, 0.15) is 0 Å². The molecule has 0 amide bonds. The summed E-state index contributed by atoms with van der Waals surface area (Å²) in [7, 11) is -3.10. The molecule has 1 saturated heterocycles. The molecule has 0 aromatic carbocycles. The van der Waals surface area contributed by atoms with Gasteiger partial charge in [-0.2, -0.15) is 0 Å². The van der Waals surface area contributed by atoms with Crippen LogP contribution in [0, 0.1) is 11.8 Å². The predicted molar refractivity (Wildman–Crippen MR) is 78.6 cm³/mol. The molecule has 1 unspecified atom stereocenters. The maximum absolute atomic E-state index is 12.0. The molecule has 1 aliphatic carbocycles. The Labute approximate surface area is 117 Å². The van der Waals surface area contributed by atoms with Crippen LogP contribution in [0.4, 0.5) is 0 Å². The molecule has 0 spiro atoms. The van der Waals surface area contributed by atoms with Crippen LogP contribution < -0.4 is 10.0 Å². The zero-order valence-electron chi connectivity index (χ0n) is 12.0. The highest BCUT2D eigenvalue weighted by Gasteiger charge is 2.24. The lowest BCUT2D eigenvalue weighted by Gasteiger charge is -2.27. The van der Waals surface area contributed by atoms with E-state index in [2.05, 4.69) is 17.0 Å². The Kier molecular flexibility index (Phi) is 5.66. The maximum atomic E-state index is 12.0. The fourth-order valence-corrected chi connectivity index (χ4v) is 4.73. The minimum atomic E-state index is -3.10. The van der Waals surface area contributed by atoms with Crippen molar-refractivity contribution in [2.45, 2.75) is 57.9 Å². The fraction of sp³-hybridized carbons (Fsp3) is 1.00. The van der Waals surface area contributed by atoms with E-state index in [-0.39, 0.29) is 11.8 Å². The molecular weight excluding hydrogens is 260 g/mol. The molecular formula is C14H28N2O2S. The smallest absolute Gasteiger partial charge is 0.213 e. The first-order valence-corrected chi connectivity index (χ1v) is 9.45. The normalized spacial score (nSPS) is 32.6. The molecule has 19 heavy (non-hydrogen) atoms. The van der Waals surface area contributed by atoms with Crippen LogP contribution in [-0.4, -0.2) is 33.3 Å². The van der Waals surface area contributed by atoms with Gasteiger partial charge >= 0.3 is 0 Å². The Balaban J connectivity index is 1.69. The van der Waals surface area contributed by atoms with Crippen molar-refractivity contribution < 1.29 is 8.42 Å². The van der Waals surface area contributed by atoms with Crippen molar-refractivity contribution in [2.24, 2.45) is 11.8 Å². The number of rotatable bonds is 6. The summed E-state index contributed by atoms with van der Waals surface area (Å²) in [5.74, 6) is 1.67. The van der Waals surface area contributed by atoms with Crippen LogP contribution in [0.1, 0.15) is 51.9 Å². The first-order chi connectivity index (χ1) is 9.09. The van der Waals surface area contributed by atoms with Crippen LogP contribution in [0.15, 0.2) is 0 Å². The van der Waals surface area contributed by atoms with E-state index in [1.165, 1.54) is 32.1 Å². The Morgan fingerprint density at radius 2 is 1.79 bits per heavy atom. The molecule has 0 aromatic heterocycles. The monoisotopic (exact) mass is 288 g/mol. The summed E-state index contributed by atoms with van der Waals surface area (Å²) in [6.07, 6.45) is 8.26. The van der Waals surface area contributed by atoms with Gasteiger partial charge in [-0.1, -0.05) is 26.2 Å². The van der Waals surface area contributed by atoms with Gasteiger partial charge in [-0.05, 0) is 44.1 Å². The molecule has 2 rings (SSSR count). The van der Waals surface area contributed by atoms with E-state index in [0.29, 0.717) is 12.5 Å². The standard InChI is InChI=1S/C14H28N2O2S/c1-2-12-5-7-13(8-6-12)10-16-19(17,18)11-14-4-3-9-15-14/h12-16H,2-11H2,1H3. The van der Waals surface area contributed by atoms with Gasteiger partial charge in [-0.25, -0.2) is 13.1 Å². The number of sulfonamides is 1. The first-order valence-electron chi connectivity index (χ1n) is 7.80. The van der Waals surface area contributed by atoms with E-state index in [4.69, 9.17) is 0 Å². The summed E-state index contributed by atoms with van der Waals surface area (Å²) in [6.45, 7) is 3.86. The molecule has 1 atom stereocenters. The second-order valence-corrected chi connectivity index (χ2v) is 8.07. The highest BCUT2D eigenvalue weighted by Crippen LogP contribution is 2.30. The molecule has 2 N–H and O–H groups in total. The van der Waals surface area contributed by atoms with E-state index in [9.17, 15) is 8.42 Å². The van der Waals surface area contributed by atoms with Gasteiger partial charge in [0.15, 0.2) is 0 Å². The second-order valence-electron chi connectivity index (χ2n) is 6.22. The van der Waals surface area contributed by atoms with Crippen LogP contribution in [0.2, 0.25) is 0 Å². The van der Waals surface area contributed by atoms with Crippen molar-refractivity contribution in [3.63, 3.8) is 0 Å². The molecule has 2 aliphatic rings. The fourth-order valence-electron chi connectivity index (χ4n) is 3.31. The zero-order chi connectivity index (χ0) is 13.7. The van der Waals surface area contributed by atoms with Crippen molar-refractivity contribution in [1.29, 1.82) is 0 Å². The van der Waals surface area contributed by atoms with Crippen molar-refractivity contribution in [1.82, 2.24) is 10.0 Å². The second kappa shape index (κ2) is 7.04. The largest absolute Gasteiger partial charge is 0.313 e. The molecule has 0 bridgehead atoms. The highest BCUT2D eigenvalue weighted by molar-refractivity contribution is 7.89. The average molecular weight is 288 g/mol. The van der Waals surface area contributed by atoms with Gasteiger partial charge in [0.05, 0.1) is 5.75 Å². The Morgan fingerprint density at radius 3 is 2.37 bits per heavy atom. The van der Waals surface area contributed by atoms with Crippen molar-refractivity contribution in [3.05, 3.63) is 0 Å². The number of hydrogen-bond donors (Lipinski definition) is 2. The number of hydrogen-bond acceptors (Lipinski definition) is 3. The molecule has 5 heteroatoms. The van der Waals surface area contributed by atoms with Crippen molar-refractivity contribution in [3.8, 4) is 0 Å². The van der Waals surface area contributed by atoms with Crippen molar-refractivity contribution >= 4 is 10.0 Å². The van der Waals surface area contributed by atoms with Crippen LogP contribution >= 0.6 is 0 Å². The van der Waals surface area contributed by atoms with Gasteiger partial charge in [0.25, 0.3) is 0 Å². The van der Waals surface area contributed by atoms with Crippen LogP contribution in [-0.2, 0) is 10.0 Å². The summed E-state index contributed by atoms with van der Waals surface area (Å²) in [6, 6.07) is 0.160. The third-order valence-corrected chi connectivity index (χ3v) is 6.17. The molecule has 0 aromatic rings. The minimum absolute atomic E-state index is 0.160. The van der Waals surface area contributed by atoms with Gasteiger partial charge in [-0.3, -0.25) is 0 Å². The molecule has 1 saturated carbocycles. The van der Waals surface area contributed by atoms with Gasteiger partial charge in [0.2, 0.25) is 10.0 Å². The van der Waals surface area contributed by atoms with E-state index in [1.807, 2.05) is 0 Å². The van der Waals surface area contributed by atoms with Gasteiger partial charge < -0.3 is 5.32 Å². The van der Waals surface area contributed by atoms with E-state index < -0.39 is 10.0 Å². The van der Waals surface area contributed by atoms with E-state index >= 15 is 0 Å². The Morgan fingerprint density at radius 1 is 1.11 bits per heavy atom. The maximum Gasteiger partial charge on any atom is 0.213 e. The molecule has 0 radical (unpaired) electrons. The highest BCUT2D eigenvalue weighted by atomic mass is 32.2. The lowest BCUT2D eigenvalue weighted by atomic mass is 9.81. The molecule has 4 nitrogen and oxygen atoms in total. The Hall–Kier alpha value is -0.130. The summed E-state index contributed by atoms with van der Waals surface area (Å²) < 4.78 is 26.8. The number of nitrogens with one attached hydrogen (secondary N) is 2.